The fourth-order valence-corrected chi connectivity index (χ4v) is 14.4. The first-order chi connectivity index (χ1) is 40.1. The molecule has 4 aromatic heterocycles. The molecule has 0 saturated heterocycles. The van der Waals surface area contributed by atoms with E-state index in [-0.39, 0.29) is 0 Å². The molecule has 0 fully saturated rings. The van der Waals surface area contributed by atoms with E-state index >= 15 is 0 Å². The molecule has 10 aromatic carbocycles. The van der Waals surface area contributed by atoms with Crippen LogP contribution in [0.25, 0.3) is 143 Å². The van der Waals surface area contributed by atoms with Crippen LogP contribution in [0.15, 0.2) is 254 Å². The van der Waals surface area contributed by atoms with Gasteiger partial charge in [0.25, 0.3) is 0 Å². The van der Waals surface area contributed by atoms with E-state index in [4.69, 9.17) is 15.0 Å². The summed E-state index contributed by atoms with van der Waals surface area (Å²) in [5, 5.41) is 4.83. The van der Waals surface area contributed by atoms with Gasteiger partial charge in [0.05, 0.1) is 21.7 Å². The molecule has 378 valence electrons. The Labute approximate surface area is 476 Å². The monoisotopic (exact) mass is 1070 g/mol. The van der Waals surface area contributed by atoms with Crippen LogP contribution < -0.4 is 0 Å². The average Bonchev–Trinajstić information content (AvgIpc) is 4.29. The van der Waals surface area contributed by atoms with Crippen molar-refractivity contribution in [2.75, 3.05) is 0 Å². The van der Waals surface area contributed by atoms with Crippen LogP contribution in [0.2, 0.25) is 0 Å². The van der Waals surface area contributed by atoms with Crippen LogP contribution in [0, 0.1) is 0 Å². The number of allylic oxidation sites excluding steroid dienone is 1. The Morgan fingerprint density at radius 2 is 0.963 bits per heavy atom. The van der Waals surface area contributed by atoms with Crippen LogP contribution in [-0.4, -0.2) is 19.5 Å². The number of para-hydroxylation sites is 1. The molecule has 0 radical (unpaired) electrons. The molecule has 2 aliphatic rings. The van der Waals surface area contributed by atoms with Gasteiger partial charge in [0.15, 0.2) is 17.5 Å². The first-order valence-electron chi connectivity index (χ1n) is 27.5. The summed E-state index contributed by atoms with van der Waals surface area (Å²) in [4.78, 5) is 17.2. The zero-order valence-electron chi connectivity index (χ0n) is 43.8. The van der Waals surface area contributed by atoms with E-state index in [1.54, 1.807) is 0 Å². The van der Waals surface area contributed by atoms with Gasteiger partial charge in [-0.3, -0.25) is 0 Å². The maximum atomic E-state index is 5.40. The summed E-state index contributed by atoms with van der Waals surface area (Å²) < 4.78 is 6.19. The van der Waals surface area contributed by atoms with Crippen molar-refractivity contribution in [2.45, 2.75) is 12.8 Å². The zero-order valence-corrected chi connectivity index (χ0v) is 45.4. The highest BCUT2D eigenvalue weighted by Gasteiger charge is 2.25. The molecule has 0 unspecified atom stereocenters. The summed E-state index contributed by atoms with van der Waals surface area (Å²) in [6, 6.07) is 85.1. The second kappa shape index (κ2) is 19.4. The minimum absolute atomic E-state index is 0.620. The number of fused-ring (bicyclic) bond motifs is 9. The second-order valence-electron chi connectivity index (χ2n) is 20.8. The standard InChI is InChI=1S/C75H46N4S2/c1-4-19-47(20-5-1)54-42-55(48-21-6-2-7-22-48)44-56(43-54)50-25-16-26-53(41-50)74-76-73(49-23-8-3-9-24-49)77-75(78-74)62-32-18-36-70-71(62)64-46-52(38-40-69(64)80-70)51-37-39-67-63(45-51)58-28-11-14-34-66(58)79(67)65-33-13-10-27-57(65)60-30-17-31-61-59-29-12-15-35-68(59)81-72(60)61/h1-13,15-16,18-29,31-33,35-46H,14,34H2. The van der Waals surface area contributed by atoms with Gasteiger partial charge in [-0.15, -0.1) is 22.7 Å². The molecule has 4 heterocycles. The summed E-state index contributed by atoms with van der Waals surface area (Å²) in [7, 11) is 0. The molecule has 0 saturated carbocycles. The lowest BCUT2D eigenvalue weighted by Gasteiger charge is -2.18. The van der Waals surface area contributed by atoms with Crippen molar-refractivity contribution >= 4 is 81.6 Å². The van der Waals surface area contributed by atoms with Gasteiger partial charge in [-0.05, 0) is 130 Å². The number of thiophene rings is 2. The SMILES string of the molecule is C1=C=C(c2ccccc2-n2c3c(c4cc(-c5ccc6sc7cccc(-c8nc(-c9ccccc9)nc(-c9cccc(-c%10cc(-c%11ccccc%11)cc(-c%11ccccc%11)c%10)c9)n8)c7c6c5)ccc42)C=CCC3)c2sc3ccccc3c2C=1. The molecule has 6 heteroatoms. The number of nitrogens with zero attached hydrogens (tertiary/aromatic N) is 4. The molecule has 2 aliphatic carbocycles. The van der Waals surface area contributed by atoms with Crippen LogP contribution in [0.5, 0.6) is 0 Å². The van der Waals surface area contributed by atoms with E-state index in [9.17, 15) is 0 Å². The molecule has 16 rings (SSSR count). The maximum Gasteiger partial charge on any atom is 0.164 e. The Bertz CT molecular complexity index is 4950. The molecule has 0 aliphatic heterocycles. The van der Waals surface area contributed by atoms with Gasteiger partial charge in [-0.1, -0.05) is 193 Å². The fourth-order valence-electron chi connectivity index (χ4n) is 12.1. The van der Waals surface area contributed by atoms with E-state index in [1.165, 1.54) is 74.2 Å². The lowest BCUT2D eigenvalue weighted by Crippen LogP contribution is -2.06. The van der Waals surface area contributed by atoms with Crippen molar-refractivity contribution in [3.8, 4) is 84.4 Å². The molecule has 0 spiro atoms. The summed E-state index contributed by atoms with van der Waals surface area (Å²) in [5.74, 6) is 1.89. The van der Waals surface area contributed by atoms with Crippen molar-refractivity contribution in [3.05, 3.63) is 281 Å². The fraction of sp³-hybridized carbons (Fsp3) is 0.0267. The maximum absolute atomic E-state index is 5.40. The third-order valence-corrected chi connectivity index (χ3v) is 18.3. The summed E-state index contributed by atoms with van der Waals surface area (Å²) >= 11 is 3.65. The van der Waals surface area contributed by atoms with Crippen LogP contribution in [0.1, 0.15) is 33.7 Å². The number of hydrogen-bond acceptors (Lipinski definition) is 5. The Morgan fingerprint density at radius 3 is 1.75 bits per heavy atom. The minimum atomic E-state index is 0.620. The number of hydrogen-bond donors (Lipinski definition) is 0. The first-order valence-corrected chi connectivity index (χ1v) is 29.1. The highest BCUT2D eigenvalue weighted by molar-refractivity contribution is 7.26. The van der Waals surface area contributed by atoms with Gasteiger partial charge < -0.3 is 4.57 Å². The van der Waals surface area contributed by atoms with Crippen molar-refractivity contribution in [1.29, 1.82) is 0 Å². The molecule has 4 nitrogen and oxygen atoms in total. The van der Waals surface area contributed by atoms with Crippen LogP contribution in [0.4, 0.5) is 0 Å². The van der Waals surface area contributed by atoms with Gasteiger partial charge in [0.1, 0.15) is 0 Å². The Hall–Kier alpha value is -10.0. The third kappa shape index (κ3) is 8.17. The molecular formula is C75H46N4S2. The largest absolute Gasteiger partial charge is 0.312 e. The molecular weight excluding hydrogens is 1020 g/mol. The highest BCUT2D eigenvalue weighted by atomic mass is 32.1. The second-order valence-corrected chi connectivity index (χ2v) is 22.9. The third-order valence-electron chi connectivity index (χ3n) is 16.0. The molecule has 14 aromatic rings. The van der Waals surface area contributed by atoms with Gasteiger partial charge in [-0.25, -0.2) is 15.0 Å². The smallest absolute Gasteiger partial charge is 0.164 e. The molecule has 81 heavy (non-hydrogen) atoms. The van der Waals surface area contributed by atoms with Crippen molar-refractivity contribution in [2.24, 2.45) is 0 Å². The lowest BCUT2D eigenvalue weighted by atomic mass is 9.93. The minimum Gasteiger partial charge on any atom is -0.312 e. The topological polar surface area (TPSA) is 43.6 Å². The van der Waals surface area contributed by atoms with Gasteiger partial charge >= 0.3 is 0 Å². The van der Waals surface area contributed by atoms with E-state index in [1.807, 2.05) is 40.9 Å². The van der Waals surface area contributed by atoms with Crippen LogP contribution in [-0.2, 0) is 6.42 Å². The van der Waals surface area contributed by atoms with Crippen LogP contribution in [0.3, 0.4) is 0 Å². The van der Waals surface area contributed by atoms with Gasteiger partial charge in [0, 0.05) is 74.7 Å². The molecule has 0 bridgehead atoms. The zero-order chi connectivity index (χ0) is 53.4. The summed E-state index contributed by atoms with van der Waals surface area (Å²) in [6.45, 7) is 0. The Morgan fingerprint density at radius 1 is 0.395 bits per heavy atom. The molecule has 0 atom stereocenters. The molecule has 0 N–H and O–H groups in total. The Balaban J connectivity index is 0.812. The van der Waals surface area contributed by atoms with Crippen molar-refractivity contribution in [3.63, 3.8) is 0 Å². The summed E-state index contributed by atoms with van der Waals surface area (Å²) in [5.41, 5.74) is 27.5. The summed E-state index contributed by atoms with van der Waals surface area (Å²) in [6.07, 6.45) is 8.71. The van der Waals surface area contributed by atoms with Crippen molar-refractivity contribution < 1.29 is 0 Å². The predicted octanol–water partition coefficient (Wildman–Crippen LogP) is 20.2. The van der Waals surface area contributed by atoms with Gasteiger partial charge in [-0.2, -0.15) is 0 Å². The van der Waals surface area contributed by atoms with Gasteiger partial charge in [0.2, 0.25) is 0 Å². The highest BCUT2D eigenvalue weighted by Crippen LogP contribution is 2.46. The normalized spacial score (nSPS) is 12.6. The van der Waals surface area contributed by atoms with E-state index in [2.05, 4.69) is 253 Å². The van der Waals surface area contributed by atoms with E-state index in [0.717, 1.165) is 79.6 Å². The van der Waals surface area contributed by atoms with E-state index in [0.29, 0.717) is 17.5 Å². The van der Waals surface area contributed by atoms with E-state index < -0.39 is 0 Å². The van der Waals surface area contributed by atoms with Crippen LogP contribution >= 0.6 is 22.7 Å². The molecule has 0 amide bonds. The quantitative estimate of drug-likeness (QED) is 0.135. The first kappa shape index (κ1) is 47.0. The number of benzene rings is 10. The predicted molar refractivity (Wildman–Crippen MR) is 341 cm³/mol. The average molecular weight is 1070 g/mol. The Kier molecular flexibility index (Phi) is 11.3. The number of aromatic nitrogens is 4. The lowest BCUT2D eigenvalue weighted by molar-refractivity contribution is 0.887. The number of rotatable bonds is 9. The van der Waals surface area contributed by atoms with Crippen molar-refractivity contribution in [1.82, 2.24) is 19.5 Å².